The monoisotopic (exact) mass is 470 g/mol. The van der Waals surface area contributed by atoms with Gasteiger partial charge in [0.15, 0.2) is 0 Å². The molecule has 0 aliphatic rings. The maximum absolute atomic E-state index is 10.9. The van der Waals surface area contributed by atoms with Crippen molar-refractivity contribution in [2.45, 2.75) is 39.3 Å². The van der Waals surface area contributed by atoms with Gasteiger partial charge in [0, 0.05) is 78.0 Å². The van der Waals surface area contributed by atoms with Gasteiger partial charge in [-0.05, 0) is 13.3 Å². The average molecular weight is 470 g/mol. The van der Waals surface area contributed by atoms with Gasteiger partial charge in [0.1, 0.15) is 5.84 Å². The van der Waals surface area contributed by atoms with Gasteiger partial charge in [-0.2, -0.15) is 0 Å². The zero-order valence-electron chi connectivity index (χ0n) is 12.3. The molecule has 0 aromatic carbocycles. The van der Waals surface area contributed by atoms with Crippen molar-refractivity contribution >= 4 is 11.7 Å². The van der Waals surface area contributed by atoms with Crippen LogP contribution in [0.3, 0.4) is 0 Å². The number of hydrogen-bond acceptors (Lipinski definition) is 3. The number of nitrogens with one attached hydrogen (secondary N) is 1. The summed E-state index contributed by atoms with van der Waals surface area (Å²) in [4.78, 5) is 17.0. The first-order chi connectivity index (χ1) is 7.79. The fourth-order valence-electron chi connectivity index (χ4n) is 1.95. The van der Waals surface area contributed by atoms with Crippen molar-refractivity contribution in [2.75, 3.05) is 21.1 Å². The van der Waals surface area contributed by atoms with Gasteiger partial charge >= 0.3 is 0 Å². The molecular weight excluding hydrogens is 445 g/mol. The van der Waals surface area contributed by atoms with E-state index in [2.05, 4.69) is 10.3 Å². The molecule has 6 heteroatoms. The first-order valence-corrected chi connectivity index (χ1v) is 5.88. The summed E-state index contributed by atoms with van der Waals surface area (Å²) in [5, 5.41) is 12.7. The largest absolute Gasteiger partial charge is 0.391 e. The van der Waals surface area contributed by atoms with Crippen molar-refractivity contribution in [3.63, 3.8) is 0 Å². The van der Waals surface area contributed by atoms with E-state index in [1.54, 1.807) is 14.0 Å². The van der Waals surface area contributed by atoms with Crippen LogP contribution in [0.4, 0.5) is 0 Å². The molecule has 1 radical (unpaired) electrons. The fourth-order valence-corrected chi connectivity index (χ4v) is 1.95. The quantitative estimate of drug-likeness (QED) is 0.454. The molecule has 0 spiro atoms. The molecule has 0 fully saturated rings. The van der Waals surface area contributed by atoms with Gasteiger partial charge in [-0.15, -0.1) is 0 Å². The molecule has 2 N–H and O–H groups in total. The number of aliphatic hydroxyl groups is 1. The maximum atomic E-state index is 10.9. The smallest absolute Gasteiger partial charge is 0.217 e. The Bertz CT molecular complexity index is 282. The number of aliphatic imine (C=N–C) groups is 1. The number of carbonyl (C=O) groups excluding carboxylic acids is 1. The third-order valence-corrected chi connectivity index (χ3v) is 2.73. The molecule has 3 atom stereocenters. The van der Waals surface area contributed by atoms with E-state index in [9.17, 15) is 9.90 Å². The van der Waals surface area contributed by atoms with Crippen LogP contribution in [0.5, 0.6) is 0 Å². The molecule has 0 aliphatic heterocycles. The standard InChI is InChI=1S/C12H25N3O2.Ac/c1-8(12(13-4)15(5)6)7-11(17)9(2)14-10(3)16;/h8-9,11,17H,7H2,1-6H3,(H,14,16);. The Labute approximate surface area is 146 Å². The summed E-state index contributed by atoms with van der Waals surface area (Å²) in [7, 11) is 5.61. The zero-order valence-corrected chi connectivity index (χ0v) is 17.0. The Morgan fingerprint density at radius 2 is 1.89 bits per heavy atom. The molecule has 103 valence electrons. The van der Waals surface area contributed by atoms with Crippen molar-refractivity contribution in [2.24, 2.45) is 10.9 Å². The second-order valence-electron chi connectivity index (χ2n) is 4.67. The zero-order chi connectivity index (χ0) is 13.6. The number of rotatable bonds is 5. The molecule has 3 unspecified atom stereocenters. The van der Waals surface area contributed by atoms with Gasteiger partial charge in [0.25, 0.3) is 0 Å². The Kier molecular flexibility index (Phi) is 11.7. The summed E-state index contributed by atoms with van der Waals surface area (Å²) in [6, 6.07) is -0.241. The Morgan fingerprint density at radius 3 is 2.22 bits per heavy atom. The van der Waals surface area contributed by atoms with E-state index >= 15 is 0 Å². The summed E-state index contributed by atoms with van der Waals surface area (Å²) < 4.78 is 0. The minimum Gasteiger partial charge on any atom is -0.391 e. The number of nitrogens with zero attached hydrogens (tertiary/aromatic N) is 2. The average Bonchev–Trinajstić information content (AvgIpc) is 2.16. The van der Waals surface area contributed by atoms with E-state index in [1.807, 2.05) is 25.9 Å². The van der Waals surface area contributed by atoms with E-state index in [0.29, 0.717) is 6.42 Å². The first-order valence-electron chi connectivity index (χ1n) is 5.88. The predicted molar refractivity (Wildman–Crippen MR) is 70.1 cm³/mol. The van der Waals surface area contributed by atoms with Crippen LogP contribution in [0.15, 0.2) is 4.99 Å². The Morgan fingerprint density at radius 1 is 1.39 bits per heavy atom. The van der Waals surface area contributed by atoms with Crippen LogP contribution in [0.2, 0.25) is 0 Å². The van der Waals surface area contributed by atoms with Gasteiger partial charge in [-0.1, -0.05) is 6.92 Å². The number of amides is 1. The number of aliphatic hydroxyl groups excluding tert-OH is 1. The fraction of sp³-hybridized carbons (Fsp3) is 0.833. The number of hydrogen-bond donors (Lipinski definition) is 2. The molecule has 0 saturated carbocycles. The summed E-state index contributed by atoms with van der Waals surface area (Å²) in [6.45, 7) is 5.27. The molecule has 0 rings (SSSR count). The molecule has 18 heavy (non-hydrogen) atoms. The van der Waals surface area contributed by atoms with E-state index in [1.165, 1.54) is 6.92 Å². The minimum absolute atomic E-state index is 0. The van der Waals surface area contributed by atoms with Crippen LogP contribution in [0.1, 0.15) is 27.2 Å². The molecule has 0 saturated heterocycles. The van der Waals surface area contributed by atoms with Crippen molar-refractivity contribution in [1.29, 1.82) is 0 Å². The Hall–Kier alpha value is 0.342. The van der Waals surface area contributed by atoms with Gasteiger partial charge in [-0.3, -0.25) is 9.79 Å². The molecule has 0 heterocycles. The van der Waals surface area contributed by atoms with Crippen LogP contribution in [0, 0.1) is 50.0 Å². The topological polar surface area (TPSA) is 64.9 Å². The molecule has 0 bridgehead atoms. The number of amidine groups is 1. The van der Waals surface area contributed by atoms with Crippen LogP contribution in [0.25, 0.3) is 0 Å². The third-order valence-electron chi connectivity index (χ3n) is 2.73. The molecule has 0 aromatic heterocycles. The normalized spacial score (nSPS) is 16.3. The SMILES string of the molecule is CN=C(C(C)CC(O)C(C)NC(C)=O)N(C)C.[Ac]. The van der Waals surface area contributed by atoms with Crippen LogP contribution >= 0.6 is 0 Å². The van der Waals surface area contributed by atoms with Crippen LogP contribution < -0.4 is 5.32 Å². The van der Waals surface area contributed by atoms with E-state index < -0.39 is 6.10 Å². The van der Waals surface area contributed by atoms with Crippen LogP contribution in [-0.4, -0.2) is 55.0 Å². The van der Waals surface area contributed by atoms with Gasteiger partial charge < -0.3 is 15.3 Å². The molecule has 1 amide bonds. The molecule has 0 aromatic rings. The third kappa shape index (κ3) is 7.71. The second kappa shape index (κ2) is 10.2. The summed E-state index contributed by atoms with van der Waals surface area (Å²) >= 11 is 0. The molecule has 0 aliphatic carbocycles. The molecule has 5 nitrogen and oxygen atoms in total. The second-order valence-corrected chi connectivity index (χ2v) is 4.67. The van der Waals surface area contributed by atoms with Gasteiger partial charge in [0.2, 0.25) is 5.91 Å². The molecular formula is C12H25AcN3O2. The maximum Gasteiger partial charge on any atom is 0.217 e. The summed E-state index contributed by atoms with van der Waals surface area (Å²) in [5.74, 6) is 0.974. The number of carbonyl (C=O) groups is 1. The van der Waals surface area contributed by atoms with Gasteiger partial charge in [-0.25, -0.2) is 0 Å². The van der Waals surface area contributed by atoms with Crippen LogP contribution in [-0.2, 0) is 4.79 Å². The summed E-state index contributed by atoms with van der Waals surface area (Å²) in [6.07, 6.45) is 0.0114. The summed E-state index contributed by atoms with van der Waals surface area (Å²) in [5.41, 5.74) is 0. The van der Waals surface area contributed by atoms with E-state index in [-0.39, 0.29) is 61.9 Å². The van der Waals surface area contributed by atoms with Crippen molar-refractivity contribution < 1.29 is 54.0 Å². The van der Waals surface area contributed by atoms with Crippen molar-refractivity contribution in [1.82, 2.24) is 10.2 Å². The van der Waals surface area contributed by atoms with Crippen molar-refractivity contribution in [3.05, 3.63) is 0 Å². The Balaban J connectivity index is 0. The first kappa shape index (κ1) is 20.7. The van der Waals surface area contributed by atoms with Crippen molar-refractivity contribution in [3.8, 4) is 0 Å². The van der Waals surface area contributed by atoms with E-state index in [0.717, 1.165) is 5.84 Å². The van der Waals surface area contributed by atoms with E-state index in [4.69, 9.17) is 0 Å². The van der Waals surface area contributed by atoms with Gasteiger partial charge in [0.05, 0.1) is 12.1 Å². The predicted octanol–water partition coefficient (Wildman–Crippen LogP) is 0.488. The minimum atomic E-state index is -0.564.